The Bertz CT molecular complexity index is 1080. The highest BCUT2D eigenvalue weighted by molar-refractivity contribution is 6.41. The third-order valence-electron chi connectivity index (χ3n) is 5.99. The second-order valence-corrected chi connectivity index (χ2v) is 8.69. The number of hydrazone groups is 1. The first-order valence-electron chi connectivity index (χ1n) is 10.9. The van der Waals surface area contributed by atoms with E-state index in [0.29, 0.717) is 12.4 Å². The van der Waals surface area contributed by atoms with Crippen LogP contribution in [0.2, 0.25) is 0 Å². The maximum atomic E-state index is 14.5. The van der Waals surface area contributed by atoms with Gasteiger partial charge in [0.25, 0.3) is 11.8 Å². The Kier molecular flexibility index (Phi) is 6.62. The summed E-state index contributed by atoms with van der Waals surface area (Å²) in [5.74, 6) is -4.47. The molecule has 4 rings (SSSR count). The molecule has 0 spiro atoms. The molecule has 2 aliphatic heterocycles. The SMILES string of the molecule is C[C@@H]1CC(F)(F)CN(C(=O)C2=NN(C)NC2c2ccccc2)C1CNc1ncc(C(F)(F)F)cn1. The Labute approximate surface area is 198 Å². The van der Waals surface area contributed by atoms with Crippen LogP contribution < -0.4 is 10.7 Å². The number of amides is 1. The van der Waals surface area contributed by atoms with Crippen LogP contribution in [0.5, 0.6) is 0 Å². The molecule has 8 nitrogen and oxygen atoms in total. The van der Waals surface area contributed by atoms with Crippen LogP contribution in [0.4, 0.5) is 27.9 Å². The highest BCUT2D eigenvalue weighted by Crippen LogP contribution is 2.36. The first-order valence-corrected chi connectivity index (χ1v) is 10.9. The van der Waals surface area contributed by atoms with Crippen molar-refractivity contribution < 1.29 is 26.7 Å². The Morgan fingerprint density at radius 1 is 1.20 bits per heavy atom. The Morgan fingerprint density at radius 3 is 2.49 bits per heavy atom. The maximum absolute atomic E-state index is 14.5. The van der Waals surface area contributed by atoms with Crippen molar-refractivity contribution in [1.82, 2.24) is 25.4 Å². The number of anilines is 1. The number of carbonyl (C=O) groups excluding carboxylic acids is 1. The fourth-order valence-corrected chi connectivity index (χ4v) is 4.33. The van der Waals surface area contributed by atoms with E-state index >= 15 is 0 Å². The predicted octanol–water partition coefficient (Wildman–Crippen LogP) is 3.33. The molecular weight excluding hydrogens is 473 g/mol. The minimum Gasteiger partial charge on any atom is -0.352 e. The van der Waals surface area contributed by atoms with E-state index in [1.807, 2.05) is 6.07 Å². The van der Waals surface area contributed by atoms with Gasteiger partial charge in [-0.05, 0) is 11.5 Å². The van der Waals surface area contributed by atoms with E-state index in [2.05, 4.69) is 25.8 Å². The molecule has 188 valence electrons. The Balaban J connectivity index is 1.55. The zero-order valence-corrected chi connectivity index (χ0v) is 18.9. The third kappa shape index (κ3) is 5.50. The lowest BCUT2D eigenvalue weighted by Crippen LogP contribution is -2.59. The third-order valence-corrected chi connectivity index (χ3v) is 5.99. The Hall–Kier alpha value is -3.35. The average molecular weight is 497 g/mol. The molecule has 1 aromatic heterocycles. The number of piperidine rings is 1. The number of nitrogens with zero attached hydrogens (tertiary/aromatic N) is 5. The molecule has 13 heteroatoms. The van der Waals surface area contributed by atoms with E-state index in [1.165, 1.54) is 5.12 Å². The molecule has 0 saturated carbocycles. The van der Waals surface area contributed by atoms with Gasteiger partial charge in [-0.1, -0.05) is 37.3 Å². The van der Waals surface area contributed by atoms with E-state index in [-0.39, 0.29) is 18.2 Å². The van der Waals surface area contributed by atoms with Crippen LogP contribution in [0.25, 0.3) is 0 Å². The number of rotatable bonds is 5. The fourth-order valence-electron chi connectivity index (χ4n) is 4.33. The summed E-state index contributed by atoms with van der Waals surface area (Å²) in [5.41, 5.74) is 2.84. The number of nitrogens with one attached hydrogen (secondary N) is 2. The molecule has 0 bridgehead atoms. The van der Waals surface area contributed by atoms with Gasteiger partial charge in [-0.2, -0.15) is 18.3 Å². The molecule has 2 unspecified atom stereocenters. The van der Waals surface area contributed by atoms with Crippen molar-refractivity contribution in [1.29, 1.82) is 0 Å². The van der Waals surface area contributed by atoms with Crippen LogP contribution in [0.3, 0.4) is 0 Å². The first-order chi connectivity index (χ1) is 16.4. The molecule has 2 aromatic rings. The number of hydrogen-bond acceptors (Lipinski definition) is 7. The van der Waals surface area contributed by atoms with E-state index < -0.39 is 54.5 Å². The summed E-state index contributed by atoms with van der Waals surface area (Å²) in [7, 11) is 1.60. The minimum absolute atomic E-state index is 0.0269. The molecule has 1 amide bonds. The van der Waals surface area contributed by atoms with Crippen molar-refractivity contribution in [3.63, 3.8) is 0 Å². The molecule has 3 atom stereocenters. The smallest absolute Gasteiger partial charge is 0.352 e. The molecule has 1 fully saturated rings. The zero-order chi connectivity index (χ0) is 25.4. The van der Waals surface area contributed by atoms with Crippen LogP contribution in [0.1, 0.15) is 30.5 Å². The van der Waals surface area contributed by atoms with E-state index in [9.17, 15) is 26.7 Å². The van der Waals surface area contributed by atoms with E-state index in [4.69, 9.17) is 0 Å². The number of halogens is 5. The topological polar surface area (TPSA) is 85.8 Å². The number of benzene rings is 1. The Morgan fingerprint density at radius 2 is 1.86 bits per heavy atom. The highest BCUT2D eigenvalue weighted by atomic mass is 19.4. The first kappa shape index (κ1) is 24.8. The number of alkyl halides is 5. The summed E-state index contributed by atoms with van der Waals surface area (Å²) in [6.45, 7) is 0.768. The van der Waals surface area contributed by atoms with Gasteiger partial charge in [0, 0.05) is 32.4 Å². The summed E-state index contributed by atoms with van der Waals surface area (Å²) >= 11 is 0. The van der Waals surface area contributed by atoms with Gasteiger partial charge in [-0.3, -0.25) is 4.79 Å². The molecule has 0 aliphatic carbocycles. The molecule has 35 heavy (non-hydrogen) atoms. The van der Waals surface area contributed by atoms with E-state index in [1.54, 1.807) is 38.2 Å². The summed E-state index contributed by atoms with van der Waals surface area (Å²) in [6.07, 6.45) is -3.75. The standard InChI is InChI=1S/C22H24F5N7O/c1-13-8-21(23,24)12-34(16(13)11-30-20-28-9-15(10-29-20)22(25,26)27)19(35)18-17(31-33(2)32-18)14-6-4-3-5-7-14/h3-7,9-10,13,16-17,31H,8,11-12H2,1-2H3,(H,28,29,30)/t13-,16?,17?/m1/s1. The minimum atomic E-state index is -4.58. The summed E-state index contributed by atoms with van der Waals surface area (Å²) in [4.78, 5) is 22.0. The van der Waals surface area contributed by atoms with Gasteiger partial charge in [-0.15, -0.1) is 0 Å². The van der Waals surface area contributed by atoms with Crippen molar-refractivity contribution in [3.8, 4) is 0 Å². The van der Waals surface area contributed by atoms with Crippen molar-refractivity contribution in [2.45, 2.75) is 37.5 Å². The van der Waals surface area contributed by atoms with Crippen molar-refractivity contribution in [2.75, 3.05) is 25.5 Å². The van der Waals surface area contributed by atoms with Crippen molar-refractivity contribution >= 4 is 17.6 Å². The van der Waals surface area contributed by atoms with Gasteiger partial charge in [-0.25, -0.2) is 29.3 Å². The average Bonchev–Trinajstić information content (AvgIpc) is 3.19. The van der Waals surface area contributed by atoms with Gasteiger partial charge >= 0.3 is 6.18 Å². The van der Waals surface area contributed by atoms with Crippen LogP contribution >= 0.6 is 0 Å². The summed E-state index contributed by atoms with van der Waals surface area (Å²) in [5, 5.41) is 8.38. The maximum Gasteiger partial charge on any atom is 0.419 e. The predicted molar refractivity (Wildman–Crippen MR) is 117 cm³/mol. The van der Waals surface area contributed by atoms with Crippen LogP contribution in [-0.2, 0) is 11.0 Å². The highest BCUT2D eigenvalue weighted by Gasteiger charge is 2.48. The normalized spacial score (nSPS) is 24.3. The lowest BCUT2D eigenvalue weighted by Gasteiger charge is -2.43. The second kappa shape index (κ2) is 9.36. The van der Waals surface area contributed by atoms with Gasteiger partial charge in [0.05, 0.1) is 18.2 Å². The van der Waals surface area contributed by atoms with Crippen molar-refractivity contribution in [3.05, 3.63) is 53.9 Å². The summed E-state index contributed by atoms with van der Waals surface area (Å²) < 4.78 is 67.3. The molecule has 1 aromatic carbocycles. The van der Waals surface area contributed by atoms with Gasteiger partial charge in [0.1, 0.15) is 6.04 Å². The fraction of sp³-hybridized carbons (Fsp3) is 0.455. The van der Waals surface area contributed by atoms with Gasteiger partial charge < -0.3 is 10.2 Å². The molecule has 2 N–H and O–H groups in total. The van der Waals surface area contributed by atoms with E-state index in [0.717, 1.165) is 10.5 Å². The molecular formula is C22H24F5N7O. The monoisotopic (exact) mass is 497 g/mol. The lowest BCUT2D eigenvalue weighted by atomic mass is 9.87. The van der Waals surface area contributed by atoms with Gasteiger partial charge in [0.15, 0.2) is 5.71 Å². The van der Waals surface area contributed by atoms with Crippen LogP contribution in [-0.4, -0.2) is 63.7 Å². The number of carbonyl (C=O) groups is 1. The quantitative estimate of drug-likeness (QED) is 0.617. The summed E-state index contributed by atoms with van der Waals surface area (Å²) in [6, 6.07) is 7.70. The number of hydrazine groups is 1. The molecule has 0 radical (unpaired) electrons. The van der Waals surface area contributed by atoms with Crippen molar-refractivity contribution in [2.24, 2.45) is 11.0 Å². The molecule has 3 heterocycles. The number of hydrogen-bond donors (Lipinski definition) is 2. The second-order valence-electron chi connectivity index (χ2n) is 8.69. The molecule has 2 aliphatic rings. The van der Waals surface area contributed by atoms with Gasteiger partial charge in [0.2, 0.25) is 5.95 Å². The lowest BCUT2D eigenvalue weighted by molar-refractivity contribution is -0.145. The number of likely N-dealkylation sites (tertiary alicyclic amines) is 1. The largest absolute Gasteiger partial charge is 0.419 e. The van der Waals surface area contributed by atoms with Crippen LogP contribution in [0.15, 0.2) is 47.8 Å². The molecule has 1 saturated heterocycles. The number of aromatic nitrogens is 2. The van der Waals surface area contributed by atoms with Crippen LogP contribution in [0, 0.1) is 5.92 Å². The zero-order valence-electron chi connectivity index (χ0n) is 18.9.